The average molecular weight is 479 g/mol. The van der Waals surface area contributed by atoms with Crippen molar-refractivity contribution in [3.8, 4) is 0 Å². The van der Waals surface area contributed by atoms with Crippen LogP contribution in [0.15, 0.2) is 23.2 Å². The zero-order valence-corrected chi connectivity index (χ0v) is 17.7. The first-order chi connectivity index (χ1) is 12.1. The number of ether oxygens (including phenoxy) is 1. The highest BCUT2D eigenvalue weighted by Crippen LogP contribution is 2.43. The van der Waals surface area contributed by atoms with Gasteiger partial charge in [0.1, 0.15) is 11.6 Å². The Bertz CT molecular complexity index is 603. The molecule has 26 heavy (non-hydrogen) atoms. The molecule has 0 aromatic heterocycles. The molecule has 7 heteroatoms. The van der Waals surface area contributed by atoms with Crippen LogP contribution in [0, 0.1) is 17.6 Å². The van der Waals surface area contributed by atoms with Gasteiger partial charge in [-0.15, -0.1) is 24.0 Å². The highest BCUT2D eigenvalue weighted by Gasteiger charge is 2.42. The van der Waals surface area contributed by atoms with E-state index in [1.54, 1.807) is 7.05 Å². The normalized spacial score (nSPS) is 23.3. The van der Waals surface area contributed by atoms with E-state index in [0.717, 1.165) is 51.4 Å². The summed E-state index contributed by atoms with van der Waals surface area (Å²) in [5, 5.41) is 3.35. The topological polar surface area (TPSA) is 36.9 Å². The van der Waals surface area contributed by atoms with Crippen molar-refractivity contribution in [2.45, 2.75) is 37.6 Å². The summed E-state index contributed by atoms with van der Waals surface area (Å²) in [5.41, 5.74) is 0.195. The van der Waals surface area contributed by atoms with Crippen molar-refractivity contribution < 1.29 is 13.5 Å². The lowest BCUT2D eigenvalue weighted by molar-refractivity contribution is 0.0625. The van der Waals surface area contributed by atoms with Crippen LogP contribution >= 0.6 is 24.0 Å². The van der Waals surface area contributed by atoms with E-state index in [0.29, 0.717) is 5.92 Å². The Balaban J connectivity index is 0.00000243. The van der Waals surface area contributed by atoms with E-state index in [4.69, 9.17) is 4.74 Å². The summed E-state index contributed by atoms with van der Waals surface area (Å²) < 4.78 is 33.2. The van der Waals surface area contributed by atoms with Gasteiger partial charge >= 0.3 is 0 Å². The van der Waals surface area contributed by atoms with Gasteiger partial charge in [0, 0.05) is 51.4 Å². The van der Waals surface area contributed by atoms with Crippen molar-refractivity contribution >= 4 is 29.9 Å². The monoisotopic (exact) mass is 479 g/mol. The number of aliphatic imine (C=N–C) groups is 1. The van der Waals surface area contributed by atoms with Crippen molar-refractivity contribution in [2.75, 3.05) is 33.9 Å². The van der Waals surface area contributed by atoms with Gasteiger partial charge in [-0.1, -0.05) is 6.07 Å². The maximum absolute atomic E-state index is 13.9. The van der Waals surface area contributed by atoms with Gasteiger partial charge < -0.3 is 15.0 Å². The second kappa shape index (κ2) is 9.82. The molecule has 1 aliphatic carbocycles. The lowest BCUT2D eigenvalue weighted by Gasteiger charge is -2.27. The molecule has 0 bridgehead atoms. The predicted molar refractivity (Wildman–Crippen MR) is 110 cm³/mol. The first kappa shape index (κ1) is 21.3. The fraction of sp³-hybridized carbons (Fsp3) is 0.632. The lowest BCUT2D eigenvalue weighted by Crippen LogP contribution is -2.41. The van der Waals surface area contributed by atoms with Gasteiger partial charge in [-0.3, -0.25) is 4.99 Å². The molecule has 1 aromatic carbocycles. The summed E-state index contributed by atoms with van der Waals surface area (Å²) in [6, 6.07) is 4.09. The van der Waals surface area contributed by atoms with E-state index >= 15 is 0 Å². The Morgan fingerprint density at radius 2 is 1.92 bits per heavy atom. The van der Waals surface area contributed by atoms with Gasteiger partial charge in [0.25, 0.3) is 0 Å². The summed E-state index contributed by atoms with van der Waals surface area (Å²) in [6.45, 7) is 2.63. The molecule has 1 saturated heterocycles. The van der Waals surface area contributed by atoms with Gasteiger partial charge in [-0.25, -0.2) is 8.78 Å². The Labute approximate surface area is 171 Å². The zero-order valence-electron chi connectivity index (χ0n) is 15.4. The first-order valence-electron chi connectivity index (χ1n) is 9.06. The van der Waals surface area contributed by atoms with Crippen LogP contribution < -0.4 is 5.32 Å². The van der Waals surface area contributed by atoms with Crippen LogP contribution in [0.1, 0.15) is 37.2 Å². The SMILES string of the molecule is CN=C(NC1CC1c1c(F)cccc1F)N(C)CCC1CCOCC1.I. The Hall–Kier alpha value is -0.960. The Morgan fingerprint density at radius 3 is 2.54 bits per heavy atom. The molecule has 2 atom stereocenters. The molecule has 146 valence electrons. The van der Waals surface area contributed by atoms with Gasteiger partial charge in [0.2, 0.25) is 0 Å². The number of hydrogen-bond acceptors (Lipinski definition) is 2. The smallest absolute Gasteiger partial charge is 0.193 e. The van der Waals surface area contributed by atoms with Gasteiger partial charge in [-0.05, 0) is 43.7 Å². The molecule has 3 rings (SSSR count). The molecule has 0 spiro atoms. The maximum Gasteiger partial charge on any atom is 0.193 e. The number of guanidine groups is 1. The van der Waals surface area contributed by atoms with E-state index < -0.39 is 11.6 Å². The van der Waals surface area contributed by atoms with Crippen molar-refractivity contribution in [2.24, 2.45) is 10.9 Å². The number of halogens is 3. The molecule has 1 heterocycles. The van der Waals surface area contributed by atoms with E-state index in [-0.39, 0.29) is 41.5 Å². The molecule has 2 fully saturated rings. The van der Waals surface area contributed by atoms with Gasteiger partial charge in [-0.2, -0.15) is 0 Å². The zero-order chi connectivity index (χ0) is 17.8. The number of benzene rings is 1. The molecule has 1 N–H and O–H groups in total. The molecule has 2 aliphatic rings. The minimum atomic E-state index is -0.461. The summed E-state index contributed by atoms with van der Waals surface area (Å²) in [4.78, 5) is 6.42. The van der Waals surface area contributed by atoms with Crippen LogP contribution in [0.2, 0.25) is 0 Å². The van der Waals surface area contributed by atoms with E-state index in [9.17, 15) is 8.78 Å². The van der Waals surface area contributed by atoms with Crippen molar-refractivity contribution in [3.05, 3.63) is 35.4 Å². The fourth-order valence-corrected chi connectivity index (χ4v) is 3.57. The van der Waals surface area contributed by atoms with Crippen LogP contribution in [0.3, 0.4) is 0 Å². The molecule has 0 radical (unpaired) electrons. The number of hydrogen-bond donors (Lipinski definition) is 1. The van der Waals surface area contributed by atoms with Crippen LogP contribution in [0.5, 0.6) is 0 Å². The molecular weight excluding hydrogens is 451 g/mol. The predicted octanol–water partition coefficient (Wildman–Crippen LogP) is 3.76. The second-order valence-electron chi connectivity index (χ2n) is 7.04. The summed E-state index contributed by atoms with van der Waals surface area (Å²) in [6.07, 6.45) is 4.08. The quantitative estimate of drug-likeness (QED) is 0.397. The van der Waals surface area contributed by atoms with Gasteiger partial charge in [0.05, 0.1) is 0 Å². The molecular formula is C19H28F2IN3O. The van der Waals surface area contributed by atoms with Crippen LogP contribution in [-0.4, -0.2) is 50.8 Å². The van der Waals surface area contributed by atoms with Crippen LogP contribution in [0.4, 0.5) is 8.78 Å². The highest BCUT2D eigenvalue weighted by atomic mass is 127. The third-order valence-electron chi connectivity index (χ3n) is 5.26. The standard InChI is InChI=1S/C19H27F2N3O.HI/c1-22-19(24(2)9-6-13-7-10-25-11-8-13)23-17-12-14(17)18-15(20)4-3-5-16(18)21;/h3-5,13-14,17H,6-12H2,1-2H3,(H,22,23);1H. The summed E-state index contributed by atoms with van der Waals surface area (Å²) in [5.74, 6) is 0.447. The molecule has 1 saturated carbocycles. The largest absolute Gasteiger partial charge is 0.381 e. The third-order valence-corrected chi connectivity index (χ3v) is 5.26. The molecule has 2 unspecified atom stereocenters. The van der Waals surface area contributed by atoms with E-state index in [1.165, 1.54) is 18.2 Å². The summed E-state index contributed by atoms with van der Waals surface area (Å²) >= 11 is 0. The fourth-order valence-electron chi connectivity index (χ4n) is 3.57. The maximum atomic E-state index is 13.9. The molecule has 4 nitrogen and oxygen atoms in total. The minimum Gasteiger partial charge on any atom is -0.381 e. The van der Waals surface area contributed by atoms with Crippen molar-refractivity contribution in [1.82, 2.24) is 10.2 Å². The number of nitrogens with one attached hydrogen (secondary N) is 1. The van der Waals surface area contributed by atoms with E-state index in [2.05, 4.69) is 15.2 Å². The van der Waals surface area contributed by atoms with Crippen molar-refractivity contribution in [1.29, 1.82) is 0 Å². The Kier molecular flexibility index (Phi) is 8.06. The van der Waals surface area contributed by atoms with Crippen molar-refractivity contribution in [3.63, 3.8) is 0 Å². The Morgan fingerprint density at radius 1 is 1.27 bits per heavy atom. The van der Waals surface area contributed by atoms with E-state index in [1.807, 2.05) is 7.05 Å². The highest BCUT2D eigenvalue weighted by molar-refractivity contribution is 14.0. The minimum absolute atomic E-state index is 0. The second-order valence-corrected chi connectivity index (χ2v) is 7.04. The molecule has 1 aromatic rings. The van der Waals surface area contributed by atoms with Gasteiger partial charge in [0.15, 0.2) is 5.96 Å². The van der Waals surface area contributed by atoms with Crippen LogP contribution in [0.25, 0.3) is 0 Å². The van der Waals surface area contributed by atoms with Crippen LogP contribution in [-0.2, 0) is 4.74 Å². The number of nitrogens with zero attached hydrogens (tertiary/aromatic N) is 2. The molecule has 0 amide bonds. The number of rotatable bonds is 5. The third kappa shape index (κ3) is 5.28. The summed E-state index contributed by atoms with van der Waals surface area (Å²) in [7, 11) is 3.75. The first-order valence-corrected chi connectivity index (χ1v) is 9.06. The molecule has 1 aliphatic heterocycles. The average Bonchev–Trinajstić information content (AvgIpc) is 3.37. The lowest BCUT2D eigenvalue weighted by atomic mass is 9.96.